The summed E-state index contributed by atoms with van der Waals surface area (Å²) in [5.41, 5.74) is 2.97. The summed E-state index contributed by atoms with van der Waals surface area (Å²) in [6.45, 7) is 5.53. The van der Waals surface area contributed by atoms with E-state index < -0.39 is 0 Å². The average Bonchev–Trinajstić information content (AvgIpc) is 2.92. The van der Waals surface area contributed by atoms with Crippen LogP contribution in [0.25, 0.3) is 0 Å². The second kappa shape index (κ2) is 6.59. The van der Waals surface area contributed by atoms with Crippen molar-refractivity contribution in [1.82, 2.24) is 4.90 Å². The van der Waals surface area contributed by atoms with Gasteiger partial charge in [0.05, 0.1) is 7.11 Å². The molecule has 0 bridgehead atoms. The van der Waals surface area contributed by atoms with Crippen LogP contribution >= 0.6 is 0 Å². The van der Waals surface area contributed by atoms with Crippen molar-refractivity contribution in [3.8, 4) is 5.75 Å². The van der Waals surface area contributed by atoms with Crippen LogP contribution in [0.2, 0.25) is 0 Å². The molecule has 2 aliphatic heterocycles. The molecule has 0 aromatic heterocycles. The smallest absolute Gasteiger partial charge is 0.119 e. The van der Waals surface area contributed by atoms with Gasteiger partial charge in [-0.15, -0.1) is 0 Å². The lowest BCUT2D eigenvalue weighted by Gasteiger charge is -2.21. The van der Waals surface area contributed by atoms with Crippen LogP contribution in [-0.4, -0.2) is 44.9 Å². The van der Waals surface area contributed by atoms with Crippen molar-refractivity contribution < 1.29 is 9.47 Å². The summed E-state index contributed by atoms with van der Waals surface area (Å²) in [5, 5.41) is 0. The lowest BCUT2D eigenvalue weighted by Crippen LogP contribution is -2.29. The average molecular weight is 275 g/mol. The molecule has 0 saturated carbocycles. The molecule has 3 rings (SSSR count). The first kappa shape index (κ1) is 13.9. The van der Waals surface area contributed by atoms with E-state index >= 15 is 0 Å². The van der Waals surface area contributed by atoms with E-state index in [1.54, 1.807) is 7.11 Å². The molecule has 0 spiro atoms. The highest BCUT2D eigenvalue weighted by molar-refractivity contribution is 5.36. The van der Waals surface area contributed by atoms with Gasteiger partial charge in [-0.2, -0.15) is 0 Å². The maximum atomic E-state index is 5.47. The van der Waals surface area contributed by atoms with E-state index in [2.05, 4.69) is 23.1 Å². The van der Waals surface area contributed by atoms with Gasteiger partial charge < -0.3 is 14.4 Å². The maximum Gasteiger partial charge on any atom is 0.119 e. The molecular formula is C17H25NO2. The summed E-state index contributed by atoms with van der Waals surface area (Å²) < 4.78 is 10.8. The number of nitrogens with zero attached hydrogens (tertiary/aromatic N) is 1. The second-order valence-corrected chi connectivity index (χ2v) is 5.99. The molecular weight excluding hydrogens is 250 g/mol. The SMILES string of the molecule is COc1ccc2c(c1)CCN(CC[C@@H]1CCOC1)CC2. The van der Waals surface area contributed by atoms with Gasteiger partial charge in [0, 0.05) is 26.3 Å². The lowest BCUT2D eigenvalue weighted by atomic mass is 10.0. The molecule has 2 heterocycles. The van der Waals surface area contributed by atoms with Crippen LogP contribution in [0.1, 0.15) is 24.0 Å². The molecule has 0 aliphatic carbocycles. The van der Waals surface area contributed by atoms with E-state index in [9.17, 15) is 0 Å². The Kier molecular flexibility index (Phi) is 4.58. The number of rotatable bonds is 4. The summed E-state index contributed by atoms with van der Waals surface area (Å²) in [5.74, 6) is 1.78. The van der Waals surface area contributed by atoms with Crippen molar-refractivity contribution in [2.75, 3.05) is 40.0 Å². The Morgan fingerprint density at radius 3 is 2.85 bits per heavy atom. The van der Waals surface area contributed by atoms with Gasteiger partial charge in [-0.25, -0.2) is 0 Å². The number of hydrogen-bond acceptors (Lipinski definition) is 3. The highest BCUT2D eigenvalue weighted by Crippen LogP contribution is 2.22. The van der Waals surface area contributed by atoms with Crippen LogP contribution in [0, 0.1) is 5.92 Å². The minimum absolute atomic E-state index is 0.792. The van der Waals surface area contributed by atoms with Gasteiger partial charge in [0.15, 0.2) is 0 Å². The molecule has 1 atom stereocenters. The molecule has 1 saturated heterocycles. The number of ether oxygens (including phenoxy) is 2. The summed E-state index contributed by atoms with van der Waals surface area (Å²) in [7, 11) is 1.74. The van der Waals surface area contributed by atoms with Gasteiger partial charge in [0.2, 0.25) is 0 Å². The molecule has 0 radical (unpaired) electrons. The first-order chi connectivity index (χ1) is 9.85. The van der Waals surface area contributed by atoms with E-state index in [1.165, 1.54) is 50.0 Å². The minimum atomic E-state index is 0.792. The Balaban J connectivity index is 1.55. The van der Waals surface area contributed by atoms with Crippen LogP contribution in [0.4, 0.5) is 0 Å². The third kappa shape index (κ3) is 3.33. The van der Waals surface area contributed by atoms with Crippen LogP contribution in [0.3, 0.4) is 0 Å². The fraction of sp³-hybridized carbons (Fsp3) is 0.647. The van der Waals surface area contributed by atoms with E-state index in [0.717, 1.165) is 31.3 Å². The molecule has 2 aliphatic rings. The third-order valence-corrected chi connectivity index (χ3v) is 4.69. The van der Waals surface area contributed by atoms with Gasteiger partial charge in [-0.05, 0) is 61.4 Å². The summed E-state index contributed by atoms with van der Waals surface area (Å²) in [4.78, 5) is 2.62. The first-order valence-electron chi connectivity index (χ1n) is 7.81. The predicted octanol–water partition coefficient (Wildman–Crippen LogP) is 2.52. The zero-order valence-electron chi connectivity index (χ0n) is 12.4. The maximum absolute atomic E-state index is 5.47. The van der Waals surface area contributed by atoms with Crippen molar-refractivity contribution in [3.05, 3.63) is 29.3 Å². The Morgan fingerprint density at radius 2 is 2.10 bits per heavy atom. The van der Waals surface area contributed by atoms with E-state index in [0.29, 0.717) is 0 Å². The zero-order chi connectivity index (χ0) is 13.8. The van der Waals surface area contributed by atoms with Gasteiger partial charge >= 0.3 is 0 Å². The molecule has 1 aromatic rings. The van der Waals surface area contributed by atoms with Gasteiger partial charge in [0.1, 0.15) is 5.75 Å². The summed E-state index contributed by atoms with van der Waals surface area (Å²) >= 11 is 0. The fourth-order valence-electron chi connectivity index (χ4n) is 3.27. The molecule has 0 N–H and O–H groups in total. The number of fused-ring (bicyclic) bond motifs is 1. The molecule has 20 heavy (non-hydrogen) atoms. The number of methoxy groups -OCH3 is 1. The van der Waals surface area contributed by atoms with Gasteiger partial charge in [-0.3, -0.25) is 0 Å². The normalized spacial score (nSPS) is 23.4. The van der Waals surface area contributed by atoms with Crippen molar-refractivity contribution in [2.45, 2.75) is 25.7 Å². The summed E-state index contributed by atoms with van der Waals surface area (Å²) in [6.07, 6.45) is 4.86. The Morgan fingerprint density at radius 1 is 1.25 bits per heavy atom. The second-order valence-electron chi connectivity index (χ2n) is 5.99. The van der Waals surface area contributed by atoms with Crippen molar-refractivity contribution >= 4 is 0 Å². The van der Waals surface area contributed by atoms with Crippen LogP contribution < -0.4 is 4.74 Å². The molecule has 0 unspecified atom stereocenters. The van der Waals surface area contributed by atoms with Crippen molar-refractivity contribution in [3.63, 3.8) is 0 Å². The number of benzene rings is 1. The van der Waals surface area contributed by atoms with Crippen molar-refractivity contribution in [2.24, 2.45) is 5.92 Å². The van der Waals surface area contributed by atoms with Crippen LogP contribution in [0.5, 0.6) is 5.75 Å². The Labute approximate surface area is 121 Å². The van der Waals surface area contributed by atoms with Gasteiger partial charge in [0.25, 0.3) is 0 Å². The van der Waals surface area contributed by atoms with Gasteiger partial charge in [-0.1, -0.05) is 6.07 Å². The largest absolute Gasteiger partial charge is 0.497 e. The van der Waals surface area contributed by atoms with Crippen LogP contribution in [-0.2, 0) is 17.6 Å². The lowest BCUT2D eigenvalue weighted by molar-refractivity contribution is 0.178. The topological polar surface area (TPSA) is 21.7 Å². The molecule has 0 amide bonds. The van der Waals surface area contributed by atoms with E-state index in [-0.39, 0.29) is 0 Å². The third-order valence-electron chi connectivity index (χ3n) is 4.69. The number of hydrogen-bond donors (Lipinski definition) is 0. The Bertz CT molecular complexity index is 441. The first-order valence-corrected chi connectivity index (χ1v) is 7.81. The standard InChI is InChI=1S/C17H25NO2/c1-19-17-3-2-15-5-9-18(10-6-16(15)12-17)8-4-14-7-11-20-13-14/h2-3,12,14H,4-11,13H2,1H3/t14-/m1/s1. The highest BCUT2D eigenvalue weighted by Gasteiger charge is 2.19. The quantitative estimate of drug-likeness (QED) is 0.843. The monoisotopic (exact) mass is 275 g/mol. The zero-order valence-corrected chi connectivity index (χ0v) is 12.4. The van der Waals surface area contributed by atoms with E-state index in [1.807, 2.05) is 0 Å². The summed E-state index contributed by atoms with van der Waals surface area (Å²) in [6, 6.07) is 6.54. The molecule has 3 heteroatoms. The molecule has 1 aromatic carbocycles. The fourth-order valence-corrected chi connectivity index (χ4v) is 3.27. The van der Waals surface area contributed by atoms with E-state index in [4.69, 9.17) is 9.47 Å². The highest BCUT2D eigenvalue weighted by atomic mass is 16.5. The minimum Gasteiger partial charge on any atom is -0.497 e. The van der Waals surface area contributed by atoms with Crippen LogP contribution in [0.15, 0.2) is 18.2 Å². The molecule has 3 nitrogen and oxygen atoms in total. The Hall–Kier alpha value is -1.06. The van der Waals surface area contributed by atoms with Crippen molar-refractivity contribution in [1.29, 1.82) is 0 Å². The molecule has 1 fully saturated rings. The predicted molar refractivity (Wildman–Crippen MR) is 80.4 cm³/mol. The molecule has 110 valence electrons.